The van der Waals surface area contributed by atoms with Crippen LogP contribution in [0.1, 0.15) is 37.7 Å². The Morgan fingerprint density at radius 1 is 1.23 bits per heavy atom. The second-order valence-corrected chi connectivity index (χ2v) is 5.87. The molecule has 6 nitrogen and oxygen atoms in total. The average molecular weight is 305 g/mol. The van der Waals surface area contributed by atoms with Crippen molar-refractivity contribution >= 4 is 17.3 Å². The van der Waals surface area contributed by atoms with E-state index in [2.05, 4.69) is 10.2 Å². The number of anilines is 1. The maximum atomic E-state index is 12.2. The molecule has 1 aromatic rings. The van der Waals surface area contributed by atoms with Crippen LogP contribution in [0.2, 0.25) is 0 Å². The molecule has 1 aromatic carbocycles. The number of likely N-dealkylation sites (tertiary alicyclic amines) is 1. The first-order chi connectivity index (χ1) is 10.6. The molecule has 0 unspecified atom stereocenters. The van der Waals surface area contributed by atoms with Crippen molar-refractivity contribution in [2.24, 2.45) is 0 Å². The van der Waals surface area contributed by atoms with E-state index in [1.807, 2.05) is 0 Å². The van der Waals surface area contributed by atoms with Crippen LogP contribution in [0.5, 0.6) is 0 Å². The molecule has 0 aliphatic carbocycles. The molecule has 2 rings (SSSR count). The van der Waals surface area contributed by atoms with Crippen molar-refractivity contribution in [1.29, 1.82) is 0 Å². The Bertz CT molecular complexity index is 537. The Balaban J connectivity index is 1.98. The van der Waals surface area contributed by atoms with Crippen LogP contribution in [0, 0.1) is 17.0 Å². The summed E-state index contributed by atoms with van der Waals surface area (Å²) in [6.45, 7) is 3.93. The Morgan fingerprint density at radius 3 is 2.50 bits per heavy atom. The maximum absolute atomic E-state index is 12.2. The fourth-order valence-corrected chi connectivity index (χ4v) is 2.76. The van der Waals surface area contributed by atoms with Crippen LogP contribution in [-0.2, 0) is 4.79 Å². The summed E-state index contributed by atoms with van der Waals surface area (Å²) in [7, 11) is 0. The normalized spacial score (nSPS) is 16.6. The highest BCUT2D eigenvalue weighted by atomic mass is 16.6. The fourth-order valence-electron chi connectivity index (χ4n) is 2.76. The number of hydrogen-bond donors (Lipinski definition) is 1. The molecule has 1 amide bonds. The molecule has 0 aromatic heterocycles. The largest absolute Gasteiger partial charge is 0.319 e. The number of nitrogens with zero attached hydrogens (tertiary/aromatic N) is 2. The van der Waals surface area contributed by atoms with E-state index in [0.29, 0.717) is 6.54 Å². The van der Waals surface area contributed by atoms with E-state index in [1.165, 1.54) is 25.3 Å². The van der Waals surface area contributed by atoms with E-state index in [1.54, 1.807) is 19.1 Å². The number of benzene rings is 1. The molecule has 0 bridgehead atoms. The second-order valence-electron chi connectivity index (χ2n) is 5.87. The Kier molecular flexibility index (Phi) is 5.89. The van der Waals surface area contributed by atoms with E-state index in [0.717, 1.165) is 31.5 Å². The van der Waals surface area contributed by atoms with Gasteiger partial charge in [-0.25, -0.2) is 0 Å². The Hall–Kier alpha value is -1.95. The van der Waals surface area contributed by atoms with Crippen molar-refractivity contribution in [1.82, 2.24) is 4.90 Å². The minimum absolute atomic E-state index is 0.0546. The molecular weight excluding hydrogens is 282 g/mol. The van der Waals surface area contributed by atoms with Gasteiger partial charge >= 0.3 is 0 Å². The van der Waals surface area contributed by atoms with Crippen LogP contribution in [0.4, 0.5) is 11.4 Å². The molecule has 0 saturated carbocycles. The number of nitro groups is 1. The zero-order valence-corrected chi connectivity index (χ0v) is 13.0. The van der Waals surface area contributed by atoms with Crippen molar-refractivity contribution in [2.45, 2.75) is 39.0 Å². The topological polar surface area (TPSA) is 75.5 Å². The van der Waals surface area contributed by atoms with Crippen LogP contribution < -0.4 is 5.32 Å². The molecule has 1 saturated heterocycles. The summed E-state index contributed by atoms with van der Waals surface area (Å²) in [5.74, 6) is -0.187. The molecule has 0 atom stereocenters. The standard InChI is InChI=1S/C16H23N3O3/c1-13-7-8-14(15(11-13)19(21)22)17-16(20)12-18-9-5-3-2-4-6-10-18/h7-8,11H,2-6,9-10,12H2,1H3,(H,17,20). The van der Waals surface area contributed by atoms with Gasteiger partial charge in [0.2, 0.25) is 5.91 Å². The summed E-state index contributed by atoms with van der Waals surface area (Å²) in [6, 6.07) is 4.84. The number of nitrogens with one attached hydrogen (secondary N) is 1. The summed E-state index contributed by atoms with van der Waals surface area (Å²) >= 11 is 0. The predicted molar refractivity (Wildman–Crippen MR) is 86.0 cm³/mol. The molecule has 1 N–H and O–H groups in total. The highest BCUT2D eigenvalue weighted by Crippen LogP contribution is 2.25. The van der Waals surface area contributed by atoms with Crippen LogP contribution in [0.3, 0.4) is 0 Å². The van der Waals surface area contributed by atoms with E-state index in [4.69, 9.17) is 0 Å². The average Bonchev–Trinajstić information content (AvgIpc) is 2.43. The smallest absolute Gasteiger partial charge is 0.293 e. The number of aryl methyl sites for hydroxylation is 1. The predicted octanol–water partition coefficient (Wildman–Crippen LogP) is 3.11. The van der Waals surface area contributed by atoms with E-state index in [-0.39, 0.29) is 17.3 Å². The first-order valence-corrected chi connectivity index (χ1v) is 7.83. The van der Waals surface area contributed by atoms with Gasteiger partial charge in [-0.2, -0.15) is 0 Å². The van der Waals surface area contributed by atoms with Gasteiger partial charge in [-0.15, -0.1) is 0 Å². The van der Waals surface area contributed by atoms with Gasteiger partial charge in [0.25, 0.3) is 5.69 Å². The lowest BCUT2D eigenvalue weighted by molar-refractivity contribution is -0.384. The summed E-state index contributed by atoms with van der Waals surface area (Å²) in [5, 5.41) is 13.8. The minimum Gasteiger partial charge on any atom is -0.319 e. The zero-order chi connectivity index (χ0) is 15.9. The highest BCUT2D eigenvalue weighted by molar-refractivity contribution is 5.94. The molecule has 1 fully saturated rings. The van der Waals surface area contributed by atoms with Gasteiger partial charge in [-0.05, 0) is 44.5 Å². The third kappa shape index (κ3) is 4.80. The molecule has 120 valence electrons. The van der Waals surface area contributed by atoms with Gasteiger partial charge in [0.15, 0.2) is 0 Å². The van der Waals surface area contributed by atoms with Gasteiger partial charge in [0, 0.05) is 6.07 Å². The fraction of sp³-hybridized carbons (Fsp3) is 0.562. The van der Waals surface area contributed by atoms with Gasteiger partial charge in [0.1, 0.15) is 5.69 Å². The monoisotopic (exact) mass is 305 g/mol. The number of carbonyl (C=O) groups excluding carboxylic acids is 1. The van der Waals surface area contributed by atoms with Crippen LogP contribution in [0.15, 0.2) is 18.2 Å². The number of hydrogen-bond acceptors (Lipinski definition) is 4. The first kappa shape index (κ1) is 16.4. The van der Waals surface area contributed by atoms with Crippen molar-refractivity contribution in [3.8, 4) is 0 Å². The summed E-state index contributed by atoms with van der Waals surface area (Å²) < 4.78 is 0. The van der Waals surface area contributed by atoms with E-state index >= 15 is 0 Å². The van der Waals surface area contributed by atoms with Gasteiger partial charge in [-0.3, -0.25) is 19.8 Å². The molecule has 1 heterocycles. The third-order valence-electron chi connectivity index (χ3n) is 3.94. The van der Waals surface area contributed by atoms with Crippen molar-refractivity contribution < 1.29 is 9.72 Å². The van der Waals surface area contributed by atoms with Crippen LogP contribution in [0.25, 0.3) is 0 Å². The molecular formula is C16H23N3O3. The summed E-state index contributed by atoms with van der Waals surface area (Å²) in [6.07, 6.45) is 5.91. The Labute approximate surface area is 130 Å². The van der Waals surface area contributed by atoms with Crippen LogP contribution in [-0.4, -0.2) is 35.4 Å². The lowest BCUT2D eigenvalue weighted by Gasteiger charge is -2.23. The van der Waals surface area contributed by atoms with Crippen molar-refractivity contribution in [3.63, 3.8) is 0 Å². The number of nitro benzene ring substituents is 1. The zero-order valence-electron chi connectivity index (χ0n) is 13.0. The lowest BCUT2D eigenvalue weighted by atomic mass is 10.1. The summed E-state index contributed by atoms with van der Waals surface area (Å²) in [5.41, 5.74) is 1.02. The molecule has 1 aliphatic heterocycles. The number of carbonyl (C=O) groups is 1. The maximum Gasteiger partial charge on any atom is 0.293 e. The molecule has 0 radical (unpaired) electrons. The minimum atomic E-state index is -0.460. The summed E-state index contributed by atoms with van der Waals surface area (Å²) in [4.78, 5) is 24.9. The van der Waals surface area contributed by atoms with Gasteiger partial charge in [0.05, 0.1) is 11.5 Å². The molecule has 1 aliphatic rings. The van der Waals surface area contributed by atoms with E-state index in [9.17, 15) is 14.9 Å². The van der Waals surface area contributed by atoms with Gasteiger partial charge in [-0.1, -0.05) is 25.3 Å². The quantitative estimate of drug-likeness (QED) is 0.685. The number of rotatable bonds is 4. The third-order valence-corrected chi connectivity index (χ3v) is 3.94. The molecule has 0 spiro atoms. The van der Waals surface area contributed by atoms with E-state index < -0.39 is 4.92 Å². The van der Waals surface area contributed by atoms with Crippen LogP contribution >= 0.6 is 0 Å². The first-order valence-electron chi connectivity index (χ1n) is 7.83. The van der Waals surface area contributed by atoms with Crippen molar-refractivity contribution in [2.75, 3.05) is 25.0 Å². The van der Waals surface area contributed by atoms with Crippen molar-refractivity contribution in [3.05, 3.63) is 33.9 Å². The SMILES string of the molecule is Cc1ccc(NC(=O)CN2CCCCCCC2)c([N+](=O)[O-])c1. The lowest BCUT2D eigenvalue weighted by Crippen LogP contribution is -2.35. The molecule has 22 heavy (non-hydrogen) atoms. The second kappa shape index (κ2) is 7.89. The number of amides is 1. The van der Waals surface area contributed by atoms with Gasteiger partial charge < -0.3 is 5.32 Å². The highest BCUT2D eigenvalue weighted by Gasteiger charge is 2.18. The molecule has 6 heteroatoms. The Morgan fingerprint density at radius 2 is 1.86 bits per heavy atom.